The number of hydrogen-bond donors (Lipinski definition) is 2. The van der Waals surface area contributed by atoms with Crippen molar-refractivity contribution in [3.63, 3.8) is 0 Å². The number of nitrogens with one attached hydrogen (secondary N) is 2. The fourth-order valence-corrected chi connectivity index (χ4v) is 3.77. The minimum absolute atomic E-state index is 0.0815. The molecule has 9 heteroatoms. The van der Waals surface area contributed by atoms with E-state index in [2.05, 4.69) is 10.6 Å². The van der Waals surface area contributed by atoms with E-state index in [1.165, 1.54) is 12.3 Å². The van der Waals surface area contributed by atoms with Gasteiger partial charge in [-0.1, -0.05) is 11.6 Å². The second kappa shape index (κ2) is 8.93. The van der Waals surface area contributed by atoms with Crippen LogP contribution in [0.2, 0.25) is 5.02 Å². The summed E-state index contributed by atoms with van der Waals surface area (Å²) in [6.45, 7) is 3.46. The van der Waals surface area contributed by atoms with Crippen LogP contribution in [0.5, 0.6) is 0 Å². The van der Waals surface area contributed by atoms with Gasteiger partial charge in [0.1, 0.15) is 5.00 Å². The lowest BCUT2D eigenvalue weighted by Crippen LogP contribution is -2.14. The highest BCUT2D eigenvalue weighted by Crippen LogP contribution is 2.34. The number of carbonyl (C=O) groups excluding carboxylic acids is 3. The third-order valence-corrected chi connectivity index (χ3v) is 5.36. The molecule has 150 valence electrons. The number of carbonyl (C=O) groups is 3. The van der Waals surface area contributed by atoms with Gasteiger partial charge in [-0.3, -0.25) is 9.59 Å². The van der Waals surface area contributed by atoms with Crippen molar-refractivity contribution in [2.45, 2.75) is 13.8 Å². The summed E-state index contributed by atoms with van der Waals surface area (Å²) in [4.78, 5) is 37.8. The lowest BCUT2D eigenvalue weighted by Gasteiger charge is -2.06. The molecule has 0 saturated carbocycles. The Balaban J connectivity index is 1.92. The van der Waals surface area contributed by atoms with E-state index in [1.807, 2.05) is 0 Å². The van der Waals surface area contributed by atoms with E-state index in [-0.39, 0.29) is 27.8 Å². The van der Waals surface area contributed by atoms with Gasteiger partial charge in [0.25, 0.3) is 11.8 Å². The molecule has 2 amide bonds. The topological polar surface area (TPSA) is 97.6 Å². The number of anilines is 2. The van der Waals surface area contributed by atoms with Crippen molar-refractivity contribution in [1.29, 1.82) is 0 Å². The molecule has 1 aromatic carbocycles. The van der Waals surface area contributed by atoms with Crippen LogP contribution >= 0.6 is 22.9 Å². The van der Waals surface area contributed by atoms with E-state index in [9.17, 15) is 14.4 Å². The second-order valence-electron chi connectivity index (χ2n) is 5.87. The molecule has 2 heterocycles. The fourth-order valence-electron chi connectivity index (χ4n) is 2.56. The Hall–Kier alpha value is -3.10. The van der Waals surface area contributed by atoms with Gasteiger partial charge in [-0.05, 0) is 55.8 Å². The first-order valence-corrected chi connectivity index (χ1v) is 9.82. The van der Waals surface area contributed by atoms with Crippen molar-refractivity contribution in [3.8, 4) is 0 Å². The van der Waals surface area contributed by atoms with Gasteiger partial charge in [-0.2, -0.15) is 0 Å². The van der Waals surface area contributed by atoms with Gasteiger partial charge < -0.3 is 19.8 Å². The zero-order valence-corrected chi connectivity index (χ0v) is 17.1. The van der Waals surface area contributed by atoms with Crippen molar-refractivity contribution in [2.24, 2.45) is 0 Å². The number of benzene rings is 1. The minimum Gasteiger partial charge on any atom is -0.462 e. The molecular formula is C20H17ClN2O5S. The number of halogens is 1. The Kier molecular flexibility index (Phi) is 6.36. The maximum absolute atomic E-state index is 12.8. The van der Waals surface area contributed by atoms with Gasteiger partial charge >= 0.3 is 5.97 Å². The first kappa shape index (κ1) is 20.6. The Morgan fingerprint density at radius 3 is 2.45 bits per heavy atom. The predicted octanol–water partition coefficient (Wildman–Crippen LogP) is 4.98. The molecule has 29 heavy (non-hydrogen) atoms. The molecule has 0 bridgehead atoms. The zero-order valence-electron chi connectivity index (χ0n) is 15.6. The van der Waals surface area contributed by atoms with E-state index < -0.39 is 17.8 Å². The molecule has 0 atom stereocenters. The van der Waals surface area contributed by atoms with E-state index in [4.69, 9.17) is 20.8 Å². The standard InChI is InChI=1S/C20H17ClN2O5S/c1-3-27-20(26)15-11(2)16(18(25)22-13-8-6-12(21)7-9-13)29-19(15)23-17(24)14-5-4-10-28-14/h4-10H,3H2,1-2H3,(H,22,25)(H,23,24). The van der Waals surface area contributed by atoms with E-state index in [1.54, 1.807) is 44.2 Å². The van der Waals surface area contributed by atoms with Crippen LogP contribution in [0, 0.1) is 6.92 Å². The third-order valence-electron chi connectivity index (χ3n) is 3.91. The molecule has 0 radical (unpaired) electrons. The largest absolute Gasteiger partial charge is 0.462 e. The summed E-state index contributed by atoms with van der Waals surface area (Å²) in [5.41, 5.74) is 1.10. The zero-order chi connectivity index (χ0) is 21.0. The van der Waals surface area contributed by atoms with Crippen molar-refractivity contribution >= 4 is 51.4 Å². The number of ether oxygens (including phenoxy) is 1. The summed E-state index contributed by atoms with van der Waals surface area (Å²) in [5, 5.41) is 6.13. The summed E-state index contributed by atoms with van der Waals surface area (Å²) < 4.78 is 10.2. The average Bonchev–Trinajstić information content (AvgIpc) is 3.32. The van der Waals surface area contributed by atoms with Crippen LogP contribution in [-0.2, 0) is 4.74 Å². The second-order valence-corrected chi connectivity index (χ2v) is 7.33. The molecule has 7 nitrogen and oxygen atoms in total. The molecule has 0 spiro atoms. The summed E-state index contributed by atoms with van der Waals surface area (Å²) in [6, 6.07) is 9.69. The predicted molar refractivity (Wildman–Crippen MR) is 111 cm³/mol. The van der Waals surface area contributed by atoms with E-state index in [0.29, 0.717) is 16.3 Å². The SMILES string of the molecule is CCOC(=O)c1c(NC(=O)c2ccco2)sc(C(=O)Nc2ccc(Cl)cc2)c1C. The van der Waals surface area contributed by atoms with Crippen LogP contribution in [0.15, 0.2) is 47.1 Å². The van der Waals surface area contributed by atoms with Crippen molar-refractivity contribution in [1.82, 2.24) is 0 Å². The normalized spacial score (nSPS) is 10.4. The monoisotopic (exact) mass is 432 g/mol. The van der Waals surface area contributed by atoms with Gasteiger partial charge in [-0.15, -0.1) is 11.3 Å². The third kappa shape index (κ3) is 4.67. The number of hydrogen-bond acceptors (Lipinski definition) is 6. The molecule has 0 fully saturated rings. The van der Waals surface area contributed by atoms with Gasteiger partial charge in [0.05, 0.1) is 23.3 Å². The van der Waals surface area contributed by atoms with E-state index >= 15 is 0 Å². The van der Waals surface area contributed by atoms with Gasteiger partial charge in [0.15, 0.2) is 5.76 Å². The quantitative estimate of drug-likeness (QED) is 0.535. The molecule has 0 aliphatic rings. The van der Waals surface area contributed by atoms with Crippen molar-refractivity contribution < 1.29 is 23.5 Å². The van der Waals surface area contributed by atoms with Crippen LogP contribution in [0.4, 0.5) is 10.7 Å². The summed E-state index contributed by atoms with van der Waals surface area (Å²) in [6.07, 6.45) is 1.37. The minimum atomic E-state index is -0.624. The summed E-state index contributed by atoms with van der Waals surface area (Å²) >= 11 is 6.84. The average molecular weight is 433 g/mol. The Labute approximate surface area is 175 Å². The molecule has 0 saturated heterocycles. The van der Waals surface area contributed by atoms with Crippen LogP contribution in [0.3, 0.4) is 0 Å². The Bertz CT molecular complexity index is 1040. The van der Waals surface area contributed by atoms with Gasteiger partial charge in [-0.25, -0.2) is 4.79 Å². The maximum Gasteiger partial charge on any atom is 0.341 e. The van der Waals surface area contributed by atoms with Crippen LogP contribution in [0.1, 0.15) is 43.1 Å². The molecule has 0 aliphatic carbocycles. The molecule has 0 unspecified atom stereocenters. The fraction of sp³-hybridized carbons (Fsp3) is 0.150. The number of esters is 1. The van der Waals surface area contributed by atoms with Crippen LogP contribution in [-0.4, -0.2) is 24.4 Å². The number of amides is 2. The highest BCUT2D eigenvalue weighted by molar-refractivity contribution is 7.19. The molecule has 0 aliphatic heterocycles. The molecule has 3 rings (SSSR count). The Morgan fingerprint density at radius 2 is 1.83 bits per heavy atom. The molecule has 3 aromatic rings. The smallest absolute Gasteiger partial charge is 0.341 e. The maximum atomic E-state index is 12.8. The lowest BCUT2D eigenvalue weighted by atomic mass is 10.1. The van der Waals surface area contributed by atoms with Gasteiger partial charge in [0.2, 0.25) is 0 Å². The van der Waals surface area contributed by atoms with Crippen LogP contribution < -0.4 is 10.6 Å². The summed E-state index contributed by atoms with van der Waals surface area (Å²) in [7, 11) is 0. The first-order valence-electron chi connectivity index (χ1n) is 8.63. The summed E-state index contributed by atoms with van der Waals surface area (Å²) in [5.74, 6) is -1.50. The molecule has 2 aromatic heterocycles. The Morgan fingerprint density at radius 1 is 1.10 bits per heavy atom. The highest BCUT2D eigenvalue weighted by Gasteiger charge is 2.27. The van der Waals surface area contributed by atoms with Crippen molar-refractivity contribution in [3.05, 3.63) is 69.4 Å². The number of thiophene rings is 1. The highest BCUT2D eigenvalue weighted by atomic mass is 35.5. The molecule has 2 N–H and O–H groups in total. The van der Waals surface area contributed by atoms with E-state index in [0.717, 1.165) is 11.3 Å². The molecular weight excluding hydrogens is 416 g/mol. The van der Waals surface area contributed by atoms with Crippen LogP contribution in [0.25, 0.3) is 0 Å². The lowest BCUT2D eigenvalue weighted by molar-refractivity contribution is 0.0527. The number of rotatable bonds is 6. The van der Waals surface area contributed by atoms with Crippen molar-refractivity contribution in [2.75, 3.05) is 17.2 Å². The first-order chi connectivity index (χ1) is 13.9. The number of furan rings is 1. The van der Waals surface area contributed by atoms with Gasteiger partial charge in [0, 0.05) is 10.7 Å².